The highest BCUT2D eigenvalue weighted by Crippen LogP contribution is 2.24. The van der Waals surface area contributed by atoms with Gasteiger partial charge < -0.3 is 11.1 Å². The molecule has 2 aromatic carbocycles. The molecule has 25 heavy (non-hydrogen) atoms. The second kappa shape index (κ2) is 9.02. The molecule has 0 bridgehead atoms. The Balaban J connectivity index is 0.00000225. The van der Waals surface area contributed by atoms with Gasteiger partial charge in [-0.25, -0.2) is 0 Å². The van der Waals surface area contributed by atoms with E-state index in [-0.39, 0.29) is 24.4 Å². The number of hydrogen-bond donors (Lipinski definition) is 2. The average Bonchev–Trinajstić information content (AvgIpc) is 2.62. The molecule has 2 aromatic rings. The van der Waals surface area contributed by atoms with E-state index in [4.69, 9.17) is 5.73 Å². The third-order valence-corrected chi connectivity index (χ3v) is 4.87. The van der Waals surface area contributed by atoms with Gasteiger partial charge in [-0.05, 0) is 61.3 Å². The van der Waals surface area contributed by atoms with Crippen LogP contribution in [0.4, 0.5) is 0 Å². The Bertz CT molecular complexity index is 702. The van der Waals surface area contributed by atoms with Gasteiger partial charge in [0, 0.05) is 0 Å². The Morgan fingerprint density at radius 2 is 1.76 bits per heavy atom. The molecule has 3 N–H and O–H groups in total. The Kier molecular flexibility index (Phi) is 7.03. The number of halogens is 1. The van der Waals surface area contributed by atoms with Crippen molar-refractivity contribution in [2.24, 2.45) is 5.73 Å². The number of amides is 1. The first kappa shape index (κ1) is 19.5. The number of rotatable bonds is 5. The van der Waals surface area contributed by atoms with Crippen molar-refractivity contribution in [2.45, 2.75) is 51.1 Å². The molecule has 0 saturated heterocycles. The number of carbonyl (C=O) groups excluding carboxylic acids is 1. The van der Waals surface area contributed by atoms with Crippen molar-refractivity contribution in [3.05, 3.63) is 70.8 Å². The van der Waals surface area contributed by atoms with E-state index >= 15 is 0 Å². The molecule has 0 fully saturated rings. The van der Waals surface area contributed by atoms with Crippen molar-refractivity contribution < 1.29 is 4.79 Å². The van der Waals surface area contributed by atoms with Gasteiger partial charge in [0.1, 0.15) is 0 Å². The van der Waals surface area contributed by atoms with E-state index < -0.39 is 6.04 Å². The van der Waals surface area contributed by atoms with Gasteiger partial charge in [-0.1, -0.05) is 48.5 Å². The molecule has 0 radical (unpaired) electrons. The van der Waals surface area contributed by atoms with Crippen molar-refractivity contribution in [3.8, 4) is 0 Å². The molecule has 0 aliphatic heterocycles. The number of carbonyl (C=O) groups is 1. The summed E-state index contributed by atoms with van der Waals surface area (Å²) in [5.41, 5.74) is 11.2. The molecule has 3 nitrogen and oxygen atoms in total. The van der Waals surface area contributed by atoms with Gasteiger partial charge in [-0.2, -0.15) is 0 Å². The van der Waals surface area contributed by atoms with E-state index in [2.05, 4.69) is 23.5 Å². The summed E-state index contributed by atoms with van der Waals surface area (Å²) in [6, 6.07) is 16.0. The summed E-state index contributed by atoms with van der Waals surface area (Å²) in [5.74, 6) is -0.0935. The first-order chi connectivity index (χ1) is 11.6. The van der Waals surface area contributed by atoms with Crippen molar-refractivity contribution in [1.29, 1.82) is 0 Å². The summed E-state index contributed by atoms with van der Waals surface area (Å²) in [4.78, 5) is 12.4. The molecule has 134 valence electrons. The zero-order valence-electron chi connectivity index (χ0n) is 14.7. The van der Waals surface area contributed by atoms with Crippen LogP contribution < -0.4 is 11.1 Å². The van der Waals surface area contributed by atoms with Gasteiger partial charge in [0.05, 0.1) is 12.1 Å². The maximum Gasteiger partial charge on any atom is 0.237 e. The highest BCUT2D eigenvalue weighted by Gasteiger charge is 2.18. The molecule has 0 heterocycles. The number of nitrogens with two attached hydrogens (primary N) is 1. The van der Waals surface area contributed by atoms with Gasteiger partial charge in [0.2, 0.25) is 5.91 Å². The van der Waals surface area contributed by atoms with Gasteiger partial charge in [0.15, 0.2) is 0 Å². The summed E-state index contributed by atoms with van der Waals surface area (Å²) in [7, 11) is 0. The Hall–Kier alpha value is -1.84. The minimum Gasteiger partial charge on any atom is -0.348 e. The number of benzene rings is 2. The van der Waals surface area contributed by atoms with E-state index in [1.54, 1.807) is 0 Å². The van der Waals surface area contributed by atoms with Gasteiger partial charge in [0.25, 0.3) is 0 Å². The van der Waals surface area contributed by atoms with Crippen LogP contribution in [-0.2, 0) is 24.1 Å². The monoisotopic (exact) mass is 358 g/mol. The molecule has 4 heteroatoms. The lowest BCUT2D eigenvalue weighted by atomic mass is 9.89. The molecular weight excluding hydrogens is 332 g/mol. The topological polar surface area (TPSA) is 55.1 Å². The predicted molar refractivity (Wildman–Crippen MR) is 105 cm³/mol. The summed E-state index contributed by atoms with van der Waals surface area (Å²) >= 11 is 0. The smallest absolute Gasteiger partial charge is 0.237 e. The van der Waals surface area contributed by atoms with Crippen LogP contribution in [0.25, 0.3) is 0 Å². The van der Waals surface area contributed by atoms with E-state index in [1.807, 2.05) is 37.3 Å². The zero-order chi connectivity index (χ0) is 16.9. The SMILES string of the molecule is CC(NC(=O)[C@@H](N)Cc1ccccc1)c1ccc2c(c1)CCCC2.Cl. The van der Waals surface area contributed by atoms with E-state index in [0.717, 1.165) is 17.5 Å². The minimum absolute atomic E-state index is 0. The Morgan fingerprint density at radius 3 is 2.48 bits per heavy atom. The molecule has 1 unspecified atom stereocenters. The van der Waals surface area contributed by atoms with Crippen LogP contribution in [0.15, 0.2) is 48.5 Å². The maximum atomic E-state index is 12.4. The van der Waals surface area contributed by atoms with Crippen LogP contribution >= 0.6 is 12.4 Å². The van der Waals surface area contributed by atoms with Gasteiger partial charge in [-0.3, -0.25) is 4.79 Å². The number of nitrogens with one attached hydrogen (secondary N) is 1. The fourth-order valence-electron chi connectivity index (χ4n) is 3.39. The molecular formula is C21H27ClN2O. The molecule has 1 aliphatic rings. The zero-order valence-corrected chi connectivity index (χ0v) is 15.5. The minimum atomic E-state index is -0.521. The number of fused-ring (bicyclic) bond motifs is 1. The lowest BCUT2D eigenvalue weighted by molar-refractivity contribution is -0.123. The predicted octanol–water partition coefficient (Wildman–Crippen LogP) is 3.73. The first-order valence-electron chi connectivity index (χ1n) is 8.85. The first-order valence-corrected chi connectivity index (χ1v) is 8.85. The molecule has 0 spiro atoms. The summed E-state index contributed by atoms with van der Waals surface area (Å²) < 4.78 is 0. The lowest BCUT2D eigenvalue weighted by Gasteiger charge is -2.21. The Labute approximate surface area is 156 Å². The van der Waals surface area contributed by atoms with Crippen molar-refractivity contribution in [2.75, 3.05) is 0 Å². The molecule has 0 saturated carbocycles. The second-order valence-electron chi connectivity index (χ2n) is 6.76. The fourth-order valence-corrected chi connectivity index (χ4v) is 3.39. The van der Waals surface area contributed by atoms with Gasteiger partial charge in [-0.15, -0.1) is 12.4 Å². The molecule has 1 aliphatic carbocycles. The third kappa shape index (κ3) is 5.07. The quantitative estimate of drug-likeness (QED) is 0.855. The van der Waals surface area contributed by atoms with Crippen LogP contribution in [0.1, 0.15) is 48.1 Å². The molecule has 2 atom stereocenters. The molecule has 3 rings (SSSR count). The largest absolute Gasteiger partial charge is 0.348 e. The lowest BCUT2D eigenvalue weighted by Crippen LogP contribution is -2.43. The standard InChI is InChI=1S/C21H26N2O.ClH/c1-15(18-12-11-17-9-5-6-10-19(17)14-18)23-21(24)20(22)13-16-7-3-2-4-8-16;/h2-4,7-8,11-12,14-15,20H,5-6,9-10,13,22H2,1H3,(H,23,24);1H/t15?,20-;/m0./s1. The normalized spacial score (nSPS) is 15.4. The maximum absolute atomic E-state index is 12.4. The van der Waals surface area contributed by atoms with Crippen molar-refractivity contribution >= 4 is 18.3 Å². The fraction of sp³-hybridized carbons (Fsp3) is 0.381. The van der Waals surface area contributed by atoms with Crippen molar-refractivity contribution in [3.63, 3.8) is 0 Å². The van der Waals surface area contributed by atoms with Crippen LogP contribution in [-0.4, -0.2) is 11.9 Å². The van der Waals surface area contributed by atoms with Gasteiger partial charge >= 0.3 is 0 Å². The van der Waals surface area contributed by atoms with E-state index in [1.165, 1.54) is 30.4 Å². The highest BCUT2D eigenvalue weighted by molar-refractivity contribution is 5.85. The summed E-state index contributed by atoms with van der Waals surface area (Å²) in [5, 5.41) is 3.06. The Morgan fingerprint density at radius 1 is 1.08 bits per heavy atom. The van der Waals surface area contributed by atoms with E-state index in [9.17, 15) is 4.79 Å². The summed E-state index contributed by atoms with van der Waals surface area (Å²) in [6.07, 6.45) is 5.44. The molecule has 0 aromatic heterocycles. The van der Waals surface area contributed by atoms with Crippen LogP contribution in [0.3, 0.4) is 0 Å². The van der Waals surface area contributed by atoms with E-state index in [0.29, 0.717) is 6.42 Å². The average molecular weight is 359 g/mol. The third-order valence-electron chi connectivity index (χ3n) is 4.87. The number of hydrogen-bond acceptors (Lipinski definition) is 2. The van der Waals surface area contributed by atoms with Crippen LogP contribution in [0.2, 0.25) is 0 Å². The van der Waals surface area contributed by atoms with Crippen molar-refractivity contribution in [1.82, 2.24) is 5.32 Å². The second-order valence-corrected chi connectivity index (χ2v) is 6.76. The highest BCUT2D eigenvalue weighted by atomic mass is 35.5. The summed E-state index contributed by atoms with van der Waals surface area (Å²) in [6.45, 7) is 2.03. The van der Waals surface area contributed by atoms with Crippen LogP contribution in [0.5, 0.6) is 0 Å². The number of aryl methyl sites for hydroxylation is 2. The van der Waals surface area contributed by atoms with Crippen LogP contribution in [0, 0.1) is 0 Å². The molecule has 1 amide bonds.